The van der Waals surface area contributed by atoms with Gasteiger partial charge in [-0.2, -0.15) is 0 Å². The van der Waals surface area contributed by atoms with Gasteiger partial charge in [0, 0.05) is 17.2 Å². The third-order valence-electron chi connectivity index (χ3n) is 4.41. The normalized spacial score (nSPS) is 14.0. The van der Waals surface area contributed by atoms with E-state index < -0.39 is 12.6 Å². The molecule has 1 unspecified atom stereocenters. The van der Waals surface area contributed by atoms with E-state index in [-0.39, 0.29) is 23.9 Å². The lowest BCUT2D eigenvalue weighted by Crippen LogP contribution is -2.27. The number of carboxylic acids is 1. The molecule has 2 aromatic rings. The molecule has 0 spiro atoms. The number of hydrogen-bond donors (Lipinski definition) is 3. The van der Waals surface area contributed by atoms with Gasteiger partial charge in [0.2, 0.25) is 0 Å². The minimum Gasteiger partial charge on any atom is -0.482 e. The lowest BCUT2D eigenvalue weighted by Gasteiger charge is -2.15. The molecule has 7 heteroatoms. The summed E-state index contributed by atoms with van der Waals surface area (Å²) >= 11 is 0. The molecule has 28 heavy (non-hydrogen) atoms. The fourth-order valence-electron chi connectivity index (χ4n) is 2.63. The molecule has 2 aromatic carbocycles. The Morgan fingerprint density at radius 3 is 2.11 bits per heavy atom. The van der Waals surface area contributed by atoms with E-state index in [0.717, 1.165) is 18.4 Å². The summed E-state index contributed by atoms with van der Waals surface area (Å²) in [5.74, 6) is -0.952. The number of ether oxygens (including phenoxy) is 1. The maximum atomic E-state index is 12.4. The molecule has 2 amide bonds. The molecule has 1 aliphatic carbocycles. The summed E-state index contributed by atoms with van der Waals surface area (Å²) in [6.45, 7) is 1.45. The van der Waals surface area contributed by atoms with Crippen LogP contribution in [0.3, 0.4) is 0 Å². The quantitative estimate of drug-likeness (QED) is 0.651. The molecule has 3 rings (SSSR count). The Morgan fingerprint density at radius 2 is 1.57 bits per heavy atom. The molecule has 3 N–H and O–H groups in total. The van der Waals surface area contributed by atoms with Crippen molar-refractivity contribution in [3.63, 3.8) is 0 Å². The number of aliphatic carboxylic acids is 1. The third kappa shape index (κ3) is 5.33. The van der Waals surface area contributed by atoms with Gasteiger partial charge in [-0.3, -0.25) is 9.59 Å². The van der Waals surface area contributed by atoms with E-state index in [9.17, 15) is 14.4 Å². The van der Waals surface area contributed by atoms with Crippen molar-refractivity contribution in [2.75, 3.05) is 6.61 Å². The van der Waals surface area contributed by atoms with Crippen molar-refractivity contribution < 1.29 is 24.2 Å². The second-order valence-electron chi connectivity index (χ2n) is 6.77. The number of carbonyl (C=O) groups is 3. The number of amides is 2. The molecular weight excluding hydrogens is 360 g/mol. The monoisotopic (exact) mass is 382 g/mol. The molecule has 146 valence electrons. The molecule has 0 aliphatic heterocycles. The van der Waals surface area contributed by atoms with Crippen LogP contribution in [0.25, 0.3) is 0 Å². The molecule has 0 radical (unpaired) electrons. The minimum atomic E-state index is -1.04. The van der Waals surface area contributed by atoms with E-state index >= 15 is 0 Å². The van der Waals surface area contributed by atoms with Crippen LogP contribution in [0, 0.1) is 0 Å². The lowest BCUT2D eigenvalue weighted by molar-refractivity contribution is -0.139. The molecule has 7 nitrogen and oxygen atoms in total. The molecule has 1 atom stereocenters. The molecule has 1 fully saturated rings. The zero-order valence-electron chi connectivity index (χ0n) is 15.5. The molecule has 1 saturated carbocycles. The number of carboxylic acid groups (broad SMARTS) is 1. The van der Waals surface area contributed by atoms with Crippen molar-refractivity contribution >= 4 is 17.8 Å². The van der Waals surface area contributed by atoms with E-state index in [2.05, 4.69) is 10.6 Å². The summed E-state index contributed by atoms with van der Waals surface area (Å²) in [5, 5.41) is 14.4. The number of benzene rings is 2. The Kier molecular flexibility index (Phi) is 5.93. The van der Waals surface area contributed by atoms with Crippen molar-refractivity contribution in [1.82, 2.24) is 10.6 Å². The predicted molar refractivity (Wildman–Crippen MR) is 102 cm³/mol. The summed E-state index contributed by atoms with van der Waals surface area (Å²) in [6, 6.07) is 13.5. The Balaban J connectivity index is 1.55. The number of nitrogens with one attached hydrogen (secondary N) is 2. The smallest absolute Gasteiger partial charge is 0.341 e. The minimum absolute atomic E-state index is 0.118. The van der Waals surface area contributed by atoms with Gasteiger partial charge in [-0.25, -0.2) is 4.79 Å². The third-order valence-corrected chi connectivity index (χ3v) is 4.41. The first kappa shape index (κ1) is 19.4. The topological polar surface area (TPSA) is 105 Å². The van der Waals surface area contributed by atoms with Crippen LogP contribution in [0.15, 0.2) is 48.5 Å². The van der Waals surface area contributed by atoms with Crippen LogP contribution in [0.1, 0.15) is 52.1 Å². The highest BCUT2D eigenvalue weighted by molar-refractivity contribution is 5.98. The van der Waals surface area contributed by atoms with Crippen LogP contribution in [0.5, 0.6) is 5.75 Å². The van der Waals surface area contributed by atoms with Crippen molar-refractivity contribution in [3.8, 4) is 5.75 Å². The first-order valence-electron chi connectivity index (χ1n) is 9.08. The van der Waals surface area contributed by atoms with Gasteiger partial charge in [0.25, 0.3) is 11.8 Å². The summed E-state index contributed by atoms with van der Waals surface area (Å²) in [7, 11) is 0. The van der Waals surface area contributed by atoms with Crippen molar-refractivity contribution in [2.24, 2.45) is 0 Å². The Morgan fingerprint density at radius 1 is 1.00 bits per heavy atom. The van der Waals surface area contributed by atoms with Gasteiger partial charge < -0.3 is 20.5 Å². The van der Waals surface area contributed by atoms with Gasteiger partial charge >= 0.3 is 5.97 Å². The van der Waals surface area contributed by atoms with Gasteiger partial charge in [0.15, 0.2) is 6.61 Å². The summed E-state index contributed by atoms with van der Waals surface area (Å²) < 4.78 is 5.09. The first-order chi connectivity index (χ1) is 13.4. The average Bonchev–Trinajstić information content (AvgIpc) is 3.50. The average molecular weight is 382 g/mol. The van der Waals surface area contributed by atoms with Crippen molar-refractivity contribution in [3.05, 3.63) is 65.2 Å². The van der Waals surface area contributed by atoms with Crippen LogP contribution in [0.2, 0.25) is 0 Å². The second kappa shape index (κ2) is 8.56. The lowest BCUT2D eigenvalue weighted by atomic mass is 10.1. The Bertz CT molecular complexity index is 857. The van der Waals surface area contributed by atoms with Gasteiger partial charge in [0.1, 0.15) is 5.75 Å². The number of hydrogen-bond acceptors (Lipinski definition) is 4. The van der Waals surface area contributed by atoms with Gasteiger partial charge in [-0.1, -0.05) is 12.1 Å². The van der Waals surface area contributed by atoms with E-state index in [4.69, 9.17) is 9.84 Å². The SMILES string of the molecule is CC(NC(=O)c1ccc(C(=O)NC2CC2)cc1)c1ccc(OCC(=O)O)cc1. The molecular formula is C21H22N2O5. The zero-order chi connectivity index (χ0) is 20.1. The van der Waals surface area contributed by atoms with E-state index in [1.165, 1.54) is 0 Å². The number of carbonyl (C=O) groups excluding carboxylic acids is 2. The highest BCUT2D eigenvalue weighted by Crippen LogP contribution is 2.20. The maximum absolute atomic E-state index is 12.4. The highest BCUT2D eigenvalue weighted by Gasteiger charge is 2.23. The molecule has 0 bridgehead atoms. The summed E-state index contributed by atoms with van der Waals surface area (Å²) in [6.07, 6.45) is 2.05. The van der Waals surface area contributed by atoms with E-state index in [1.807, 2.05) is 6.92 Å². The Hall–Kier alpha value is -3.35. The first-order valence-corrected chi connectivity index (χ1v) is 9.08. The van der Waals surface area contributed by atoms with Crippen molar-refractivity contribution in [1.29, 1.82) is 0 Å². The van der Waals surface area contributed by atoms with E-state index in [1.54, 1.807) is 48.5 Å². The van der Waals surface area contributed by atoms with E-state index in [0.29, 0.717) is 16.9 Å². The predicted octanol–water partition coefficient (Wildman–Crippen LogP) is 2.53. The van der Waals surface area contributed by atoms with Gasteiger partial charge in [-0.15, -0.1) is 0 Å². The molecule has 0 heterocycles. The zero-order valence-corrected chi connectivity index (χ0v) is 15.5. The maximum Gasteiger partial charge on any atom is 0.341 e. The largest absolute Gasteiger partial charge is 0.482 e. The fraction of sp³-hybridized carbons (Fsp3) is 0.286. The summed E-state index contributed by atoms with van der Waals surface area (Å²) in [4.78, 5) is 35.0. The Labute approximate surface area is 162 Å². The highest BCUT2D eigenvalue weighted by atomic mass is 16.5. The summed E-state index contributed by atoms with van der Waals surface area (Å²) in [5.41, 5.74) is 1.86. The van der Waals surface area contributed by atoms with Crippen molar-refractivity contribution in [2.45, 2.75) is 31.8 Å². The van der Waals surface area contributed by atoms with Crippen LogP contribution < -0.4 is 15.4 Å². The molecule has 0 aromatic heterocycles. The van der Waals surface area contributed by atoms with Gasteiger partial charge in [-0.05, 0) is 61.7 Å². The molecule has 1 aliphatic rings. The number of rotatable bonds is 8. The van der Waals surface area contributed by atoms with Crippen LogP contribution in [-0.4, -0.2) is 35.5 Å². The van der Waals surface area contributed by atoms with Crippen LogP contribution in [-0.2, 0) is 4.79 Å². The fourth-order valence-corrected chi connectivity index (χ4v) is 2.63. The molecule has 0 saturated heterocycles. The standard InChI is InChI=1S/C21H22N2O5/c1-13(14-6-10-18(11-7-14)28-12-19(24)25)22-20(26)15-2-4-16(5-3-15)21(27)23-17-8-9-17/h2-7,10-11,13,17H,8-9,12H2,1H3,(H,22,26)(H,23,27)(H,24,25). The van der Waals surface area contributed by atoms with Crippen LogP contribution >= 0.6 is 0 Å². The van der Waals surface area contributed by atoms with Crippen LogP contribution in [0.4, 0.5) is 0 Å². The second-order valence-corrected chi connectivity index (χ2v) is 6.77. The van der Waals surface area contributed by atoms with Gasteiger partial charge in [0.05, 0.1) is 6.04 Å².